The molecular formula is C12H16ClNO2. The van der Waals surface area contributed by atoms with Crippen LogP contribution < -0.4 is 0 Å². The highest BCUT2D eigenvalue weighted by atomic mass is 35.5. The molecule has 88 valence electrons. The minimum absolute atomic E-state index is 0.0590. The van der Waals surface area contributed by atoms with Gasteiger partial charge in [0.05, 0.1) is 19.3 Å². The van der Waals surface area contributed by atoms with Gasteiger partial charge in [0.2, 0.25) is 0 Å². The lowest BCUT2D eigenvalue weighted by Gasteiger charge is -2.32. The fourth-order valence-electron chi connectivity index (χ4n) is 1.90. The molecule has 16 heavy (non-hydrogen) atoms. The van der Waals surface area contributed by atoms with Gasteiger partial charge < -0.3 is 9.84 Å². The zero-order valence-electron chi connectivity index (χ0n) is 9.10. The van der Waals surface area contributed by atoms with Gasteiger partial charge in [-0.15, -0.1) is 0 Å². The van der Waals surface area contributed by atoms with Crippen LogP contribution in [-0.2, 0) is 11.3 Å². The average Bonchev–Trinajstić information content (AvgIpc) is 2.32. The molecule has 4 heteroatoms. The van der Waals surface area contributed by atoms with Crippen LogP contribution >= 0.6 is 11.6 Å². The van der Waals surface area contributed by atoms with Gasteiger partial charge in [0.1, 0.15) is 0 Å². The highest BCUT2D eigenvalue weighted by Crippen LogP contribution is 2.18. The number of nitrogens with zero attached hydrogens (tertiary/aromatic N) is 1. The van der Waals surface area contributed by atoms with E-state index < -0.39 is 0 Å². The molecule has 1 unspecified atom stereocenters. The molecule has 0 aromatic heterocycles. The Kier molecular flexibility index (Phi) is 4.18. The van der Waals surface area contributed by atoms with Crippen molar-refractivity contribution in [1.29, 1.82) is 0 Å². The van der Waals surface area contributed by atoms with E-state index in [2.05, 4.69) is 4.90 Å². The number of hydrogen-bond donors (Lipinski definition) is 1. The van der Waals surface area contributed by atoms with Crippen molar-refractivity contribution in [1.82, 2.24) is 4.90 Å². The van der Waals surface area contributed by atoms with Crippen molar-refractivity contribution in [2.45, 2.75) is 12.6 Å². The summed E-state index contributed by atoms with van der Waals surface area (Å²) in [5.41, 5.74) is 1.13. The van der Waals surface area contributed by atoms with Gasteiger partial charge >= 0.3 is 0 Å². The first-order chi connectivity index (χ1) is 7.79. The SMILES string of the molecule is OCC1CN(Cc2ccccc2Cl)CCO1. The van der Waals surface area contributed by atoms with E-state index in [4.69, 9.17) is 21.4 Å². The monoisotopic (exact) mass is 241 g/mol. The number of benzene rings is 1. The number of hydrogen-bond acceptors (Lipinski definition) is 3. The molecule has 2 rings (SSSR count). The van der Waals surface area contributed by atoms with E-state index in [1.165, 1.54) is 0 Å². The number of morpholine rings is 1. The van der Waals surface area contributed by atoms with Gasteiger partial charge in [-0.25, -0.2) is 0 Å². The van der Waals surface area contributed by atoms with Crippen LogP contribution in [0.15, 0.2) is 24.3 Å². The smallest absolute Gasteiger partial charge is 0.0933 e. The second kappa shape index (κ2) is 5.64. The van der Waals surface area contributed by atoms with E-state index in [9.17, 15) is 0 Å². The fraction of sp³-hybridized carbons (Fsp3) is 0.500. The van der Waals surface area contributed by atoms with E-state index in [0.717, 1.165) is 30.2 Å². The molecule has 1 aliphatic heterocycles. The summed E-state index contributed by atoms with van der Waals surface area (Å²) in [6, 6.07) is 7.86. The lowest BCUT2D eigenvalue weighted by Crippen LogP contribution is -2.43. The number of aliphatic hydroxyl groups excluding tert-OH is 1. The van der Waals surface area contributed by atoms with Crippen molar-refractivity contribution in [3.8, 4) is 0 Å². The summed E-state index contributed by atoms with van der Waals surface area (Å²) in [5, 5.41) is 9.85. The molecule has 1 heterocycles. The second-order valence-electron chi connectivity index (χ2n) is 4.00. The number of rotatable bonds is 3. The second-order valence-corrected chi connectivity index (χ2v) is 4.41. The summed E-state index contributed by atoms with van der Waals surface area (Å²) in [7, 11) is 0. The van der Waals surface area contributed by atoms with Crippen molar-refractivity contribution in [3.05, 3.63) is 34.9 Å². The molecule has 1 aromatic rings. The quantitative estimate of drug-likeness (QED) is 0.871. The maximum Gasteiger partial charge on any atom is 0.0933 e. The maximum atomic E-state index is 9.05. The normalized spacial score (nSPS) is 22.2. The molecule has 0 radical (unpaired) electrons. The standard InChI is InChI=1S/C12H16ClNO2/c13-12-4-2-1-3-10(12)7-14-5-6-16-11(8-14)9-15/h1-4,11,15H,5-9H2. The van der Waals surface area contributed by atoms with Gasteiger partial charge in [0.15, 0.2) is 0 Å². The molecule has 1 aliphatic rings. The fourth-order valence-corrected chi connectivity index (χ4v) is 2.10. The van der Waals surface area contributed by atoms with Gasteiger partial charge in [-0.1, -0.05) is 29.8 Å². The van der Waals surface area contributed by atoms with Crippen LogP contribution in [0.3, 0.4) is 0 Å². The van der Waals surface area contributed by atoms with Gasteiger partial charge in [-0.3, -0.25) is 4.90 Å². The van der Waals surface area contributed by atoms with Crippen LogP contribution in [0.4, 0.5) is 0 Å². The van der Waals surface area contributed by atoms with Gasteiger partial charge in [-0.05, 0) is 11.6 Å². The van der Waals surface area contributed by atoms with Crippen LogP contribution in [0, 0.1) is 0 Å². The Labute approximate surface area is 101 Å². The van der Waals surface area contributed by atoms with E-state index in [1.807, 2.05) is 24.3 Å². The molecule has 3 nitrogen and oxygen atoms in total. The van der Waals surface area contributed by atoms with E-state index in [0.29, 0.717) is 6.61 Å². The van der Waals surface area contributed by atoms with Crippen LogP contribution in [0.1, 0.15) is 5.56 Å². The van der Waals surface area contributed by atoms with Crippen LogP contribution in [0.2, 0.25) is 5.02 Å². The topological polar surface area (TPSA) is 32.7 Å². The van der Waals surface area contributed by atoms with Gasteiger partial charge in [-0.2, -0.15) is 0 Å². The van der Waals surface area contributed by atoms with E-state index in [1.54, 1.807) is 0 Å². The molecular weight excluding hydrogens is 226 g/mol. The molecule has 1 fully saturated rings. The molecule has 0 amide bonds. The zero-order chi connectivity index (χ0) is 11.4. The first-order valence-electron chi connectivity index (χ1n) is 5.48. The lowest BCUT2D eigenvalue weighted by molar-refractivity contribution is -0.0550. The molecule has 0 spiro atoms. The van der Waals surface area contributed by atoms with Gasteiger partial charge in [0.25, 0.3) is 0 Å². The predicted molar refractivity (Wildman–Crippen MR) is 63.6 cm³/mol. The largest absolute Gasteiger partial charge is 0.394 e. The minimum Gasteiger partial charge on any atom is -0.394 e. The Balaban J connectivity index is 1.97. The Hall–Kier alpha value is -0.610. The third-order valence-electron chi connectivity index (χ3n) is 2.78. The van der Waals surface area contributed by atoms with Crippen molar-refractivity contribution in [3.63, 3.8) is 0 Å². The molecule has 1 aromatic carbocycles. The minimum atomic E-state index is -0.0590. The molecule has 0 aliphatic carbocycles. The van der Waals surface area contributed by atoms with E-state index >= 15 is 0 Å². The predicted octanol–water partition coefficient (Wildman–Crippen LogP) is 1.53. The van der Waals surface area contributed by atoms with Crippen LogP contribution in [0.25, 0.3) is 0 Å². The zero-order valence-corrected chi connectivity index (χ0v) is 9.86. The Bertz CT molecular complexity index is 346. The number of ether oxygens (including phenoxy) is 1. The maximum absolute atomic E-state index is 9.05. The van der Waals surface area contributed by atoms with Crippen molar-refractivity contribution >= 4 is 11.6 Å². The highest BCUT2D eigenvalue weighted by Gasteiger charge is 2.19. The molecule has 1 N–H and O–H groups in total. The molecule has 1 atom stereocenters. The average molecular weight is 242 g/mol. The third-order valence-corrected chi connectivity index (χ3v) is 3.15. The van der Waals surface area contributed by atoms with Crippen molar-refractivity contribution in [2.24, 2.45) is 0 Å². The van der Waals surface area contributed by atoms with Crippen LogP contribution in [0.5, 0.6) is 0 Å². The molecule has 0 saturated carbocycles. The summed E-state index contributed by atoms with van der Waals surface area (Å²) in [4.78, 5) is 2.26. The number of aliphatic hydroxyl groups is 1. The number of halogens is 1. The summed E-state index contributed by atoms with van der Waals surface area (Å²) >= 11 is 6.11. The first kappa shape index (κ1) is 11.9. The Morgan fingerprint density at radius 3 is 3.00 bits per heavy atom. The molecule has 1 saturated heterocycles. The summed E-state index contributed by atoms with van der Waals surface area (Å²) in [6.45, 7) is 3.23. The van der Waals surface area contributed by atoms with Gasteiger partial charge in [0, 0.05) is 24.7 Å². The molecule has 0 bridgehead atoms. The summed E-state index contributed by atoms with van der Waals surface area (Å²) in [6.07, 6.45) is -0.0590. The van der Waals surface area contributed by atoms with Crippen molar-refractivity contribution in [2.75, 3.05) is 26.3 Å². The summed E-state index contributed by atoms with van der Waals surface area (Å²) in [5.74, 6) is 0. The lowest BCUT2D eigenvalue weighted by atomic mass is 10.2. The first-order valence-corrected chi connectivity index (χ1v) is 5.85. The Morgan fingerprint density at radius 2 is 2.25 bits per heavy atom. The van der Waals surface area contributed by atoms with Crippen LogP contribution in [-0.4, -0.2) is 42.4 Å². The Morgan fingerprint density at radius 1 is 1.44 bits per heavy atom. The summed E-state index contributed by atoms with van der Waals surface area (Å²) < 4.78 is 5.40. The van der Waals surface area contributed by atoms with Crippen molar-refractivity contribution < 1.29 is 9.84 Å². The highest BCUT2D eigenvalue weighted by molar-refractivity contribution is 6.31. The van der Waals surface area contributed by atoms with E-state index in [-0.39, 0.29) is 12.7 Å². The third kappa shape index (κ3) is 2.95.